The van der Waals surface area contributed by atoms with Crippen molar-refractivity contribution in [3.05, 3.63) is 33.8 Å². The molecule has 3 rings (SSSR count). The highest BCUT2D eigenvalue weighted by Gasteiger charge is 2.28. The van der Waals surface area contributed by atoms with Gasteiger partial charge in [-0.05, 0) is 26.7 Å². The summed E-state index contributed by atoms with van der Waals surface area (Å²) in [5.41, 5.74) is 0.855. The van der Waals surface area contributed by atoms with Gasteiger partial charge >= 0.3 is 0 Å². The first-order chi connectivity index (χ1) is 10.1. The van der Waals surface area contributed by atoms with Crippen LogP contribution in [0, 0.1) is 13.8 Å². The molecule has 112 valence electrons. The number of hydrogen-bond acceptors (Lipinski definition) is 4. The van der Waals surface area contributed by atoms with Crippen LogP contribution in [0.25, 0.3) is 0 Å². The third-order valence-electron chi connectivity index (χ3n) is 4.10. The second-order valence-corrected chi connectivity index (χ2v) is 6.81. The summed E-state index contributed by atoms with van der Waals surface area (Å²) in [5, 5.41) is 0.957. The van der Waals surface area contributed by atoms with Gasteiger partial charge in [0.2, 0.25) is 0 Å². The Bertz CT molecular complexity index is 652. The molecule has 0 unspecified atom stereocenters. The van der Waals surface area contributed by atoms with Gasteiger partial charge in [-0.3, -0.25) is 4.79 Å². The van der Waals surface area contributed by atoms with Crippen LogP contribution >= 0.6 is 11.3 Å². The largest absolute Gasteiger partial charge is 0.338 e. The van der Waals surface area contributed by atoms with Crippen LogP contribution in [0.2, 0.25) is 0 Å². The molecule has 1 fully saturated rings. The molecule has 0 atom stereocenters. The number of aryl methyl sites for hydroxylation is 3. The Labute approximate surface area is 128 Å². The highest BCUT2D eigenvalue weighted by molar-refractivity contribution is 7.13. The quantitative estimate of drug-likeness (QED) is 0.856. The van der Waals surface area contributed by atoms with Gasteiger partial charge in [0.15, 0.2) is 0 Å². The molecule has 1 aliphatic rings. The summed E-state index contributed by atoms with van der Waals surface area (Å²) in [7, 11) is 2.03. The van der Waals surface area contributed by atoms with Crippen LogP contribution in [-0.2, 0) is 7.05 Å². The first-order valence-electron chi connectivity index (χ1n) is 7.26. The molecule has 0 N–H and O–H groups in total. The fourth-order valence-electron chi connectivity index (χ4n) is 2.98. The normalized spacial score (nSPS) is 16.4. The zero-order chi connectivity index (χ0) is 15.0. The monoisotopic (exact) mass is 304 g/mol. The number of thiazole rings is 1. The molecule has 3 heterocycles. The maximum Gasteiger partial charge on any atom is 0.265 e. The lowest BCUT2D eigenvalue weighted by molar-refractivity contribution is 0.0714. The van der Waals surface area contributed by atoms with Crippen LogP contribution in [0.15, 0.2) is 12.4 Å². The minimum Gasteiger partial charge on any atom is -0.338 e. The third kappa shape index (κ3) is 2.72. The Morgan fingerprint density at radius 2 is 2.05 bits per heavy atom. The van der Waals surface area contributed by atoms with Crippen molar-refractivity contribution in [2.45, 2.75) is 32.6 Å². The molecule has 0 aromatic carbocycles. The topological polar surface area (TPSA) is 51.0 Å². The number of carbonyl (C=O) groups excluding carboxylic acids is 1. The van der Waals surface area contributed by atoms with Gasteiger partial charge in [-0.15, -0.1) is 11.3 Å². The Morgan fingerprint density at radius 3 is 2.57 bits per heavy atom. The van der Waals surface area contributed by atoms with E-state index < -0.39 is 0 Å². The lowest BCUT2D eigenvalue weighted by atomic mass is 9.96. The van der Waals surface area contributed by atoms with Crippen LogP contribution in [-0.4, -0.2) is 38.4 Å². The standard InChI is InChI=1S/C15H20N4OS/c1-10-13(21-11(2)17-10)15(20)19-7-4-12(5-8-19)14-16-6-9-18(14)3/h6,9,12H,4-5,7-8H2,1-3H3. The van der Waals surface area contributed by atoms with Gasteiger partial charge in [0.05, 0.1) is 10.7 Å². The zero-order valence-corrected chi connectivity index (χ0v) is 13.5. The van der Waals surface area contributed by atoms with Crippen LogP contribution in [0.3, 0.4) is 0 Å². The van der Waals surface area contributed by atoms with Gasteiger partial charge in [0.25, 0.3) is 5.91 Å². The average Bonchev–Trinajstić information content (AvgIpc) is 3.04. The number of imidazole rings is 1. The molecule has 5 nitrogen and oxygen atoms in total. The fraction of sp³-hybridized carbons (Fsp3) is 0.533. The van der Waals surface area contributed by atoms with Crippen LogP contribution in [0.1, 0.15) is 45.0 Å². The van der Waals surface area contributed by atoms with E-state index in [0.29, 0.717) is 5.92 Å². The van der Waals surface area contributed by atoms with Crippen molar-refractivity contribution in [2.75, 3.05) is 13.1 Å². The van der Waals surface area contributed by atoms with E-state index in [2.05, 4.69) is 14.5 Å². The molecule has 1 saturated heterocycles. The fourth-order valence-corrected chi connectivity index (χ4v) is 3.87. The van der Waals surface area contributed by atoms with Crippen LogP contribution in [0.5, 0.6) is 0 Å². The number of carbonyl (C=O) groups is 1. The van der Waals surface area contributed by atoms with E-state index in [1.807, 2.05) is 38.2 Å². The first kappa shape index (κ1) is 14.3. The van der Waals surface area contributed by atoms with E-state index in [0.717, 1.165) is 47.3 Å². The highest BCUT2D eigenvalue weighted by atomic mass is 32.1. The molecule has 6 heteroatoms. The molecule has 2 aromatic heterocycles. The lowest BCUT2D eigenvalue weighted by Crippen LogP contribution is -2.38. The molecule has 1 aliphatic heterocycles. The van der Waals surface area contributed by atoms with Gasteiger partial charge in [-0.1, -0.05) is 0 Å². The van der Waals surface area contributed by atoms with E-state index in [9.17, 15) is 4.79 Å². The Balaban J connectivity index is 1.67. The van der Waals surface area contributed by atoms with Crippen molar-refractivity contribution in [1.82, 2.24) is 19.4 Å². The molecule has 0 radical (unpaired) electrons. The molecule has 0 saturated carbocycles. The number of hydrogen-bond donors (Lipinski definition) is 0. The lowest BCUT2D eigenvalue weighted by Gasteiger charge is -2.31. The van der Waals surface area contributed by atoms with Crippen molar-refractivity contribution in [3.8, 4) is 0 Å². The van der Waals surface area contributed by atoms with Gasteiger partial charge in [-0.25, -0.2) is 9.97 Å². The third-order valence-corrected chi connectivity index (χ3v) is 5.16. The Hall–Kier alpha value is -1.69. The molecule has 1 amide bonds. The van der Waals surface area contributed by atoms with E-state index in [-0.39, 0.29) is 5.91 Å². The SMILES string of the molecule is Cc1nc(C)c(C(=O)N2CCC(c3nccn3C)CC2)s1. The van der Waals surface area contributed by atoms with E-state index in [1.165, 1.54) is 11.3 Å². The number of rotatable bonds is 2. The zero-order valence-electron chi connectivity index (χ0n) is 12.7. The minimum atomic E-state index is 0.136. The predicted octanol–water partition coefficient (Wildman–Crippen LogP) is 2.51. The molecular weight excluding hydrogens is 284 g/mol. The minimum absolute atomic E-state index is 0.136. The summed E-state index contributed by atoms with van der Waals surface area (Å²) < 4.78 is 2.08. The van der Waals surface area contributed by atoms with E-state index in [4.69, 9.17) is 0 Å². The molecule has 0 spiro atoms. The summed E-state index contributed by atoms with van der Waals surface area (Å²) in [6.45, 7) is 5.46. The summed E-state index contributed by atoms with van der Waals surface area (Å²) in [6, 6.07) is 0. The van der Waals surface area contributed by atoms with Crippen molar-refractivity contribution in [3.63, 3.8) is 0 Å². The Morgan fingerprint density at radius 1 is 1.33 bits per heavy atom. The first-order valence-corrected chi connectivity index (χ1v) is 8.08. The van der Waals surface area contributed by atoms with E-state index >= 15 is 0 Å². The summed E-state index contributed by atoms with van der Waals surface area (Å²) in [4.78, 5) is 24.1. The van der Waals surface area contributed by atoms with E-state index in [1.54, 1.807) is 0 Å². The van der Waals surface area contributed by atoms with Crippen molar-refractivity contribution < 1.29 is 4.79 Å². The highest BCUT2D eigenvalue weighted by Crippen LogP contribution is 2.28. The number of nitrogens with zero attached hydrogens (tertiary/aromatic N) is 4. The van der Waals surface area contributed by atoms with Crippen molar-refractivity contribution >= 4 is 17.2 Å². The number of piperidine rings is 1. The summed E-state index contributed by atoms with van der Waals surface area (Å²) in [5.74, 6) is 1.72. The summed E-state index contributed by atoms with van der Waals surface area (Å²) >= 11 is 1.50. The molecule has 21 heavy (non-hydrogen) atoms. The second kappa shape index (κ2) is 5.60. The smallest absolute Gasteiger partial charge is 0.265 e. The molecule has 0 bridgehead atoms. The van der Waals surface area contributed by atoms with Crippen LogP contribution in [0.4, 0.5) is 0 Å². The predicted molar refractivity (Wildman–Crippen MR) is 82.7 cm³/mol. The number of amides is 1. The second-order valence-electron chi connectivity index (χ2n) is 5.61. The summed E-state index contributed by atoms with van der Waals surface area (Å²) in [6.07, 6.45) is 5.79. The molecule has 2 aromatic rings. The molecule has 0 aliphatic carbocycles. The maximum absolute atomic E-state index is 12.6. The maximum atomic E-state index is 12.6. The Kier molecular flexibility index (Phi) is 3.80. The number of likely N-dealkylation sites (tertiary alicyclic amines) is 1. The van der Waals surface area contributed by atoms with Gasteiger partial charge in [-0.2, -0.15) is 0 Å². The average molecular weight is 304 g/mol. The van der Waals surface area contributed by atoms with Crippen molar-refractivity contribution in [1.29, 1.82) is 0 Å². The van der Waals surface area contributed by atoms with Crippen LogP contribution < -0.4 is 0 Å². The van der Waals surface area contributed by atoms with Gasteiger partial charge < -0.3 is 9.47 Å². The molecular formula is C15H20N4OS. The number of aromatic nitrogens is 3. The van der Waals surface area contributed by atoms with Crippen molar-refractivity contribution in [2.24, 2.45) is 7.05 Å². The van der Waals surface area contributed by atoms with Gasteiger partial charge in [0.1, 0.15) is 10.7 Å². The van der Waals surface area contributed by atoms with Gasteiger partial charge in [0, 0.05) is 38.4 Å².